The van der Waals surface area contributed by atoms with Gasteiger partial charge in [-0.25, -0.2) is 0 Å². The average Bonchev–Trinajstić information content (AvgIpc) is 2.46. The van der Waals surface area contributed by atoms with Gasteiger partial charge in [-0.3, -0.25) is 4.79 Å². The van der Waals surface area contributed by atoms with Crippen molar-refractivity contribution in [3.63, 3.8) is 0 Å². The largest absolute Gasteiger partial charge is 0.488 e. The van der Waals surface area contributed by atoms with Crippen molar-refractivity contribution in [2.75, 3.05) is 0 Å². The molecule has 0 heterocycles. The molecule has 0 aliphatic heterocycles. The Kier molecular flexibility index (Phi) is 4.13. The molecule has 0 radical (unpaired) electrons. The van der Waals surface area contributed by atoms with E-state index in [9.17, 15) is 4.79 Å². The van der Waals surface area contributed by atoms with Gasteiger partial charge in [0.2, 0.25) is 0 Å². The van der Waals surface area contributed by atoms with Gasteiger partial charge in [-0.05, 0) is 29.7 Å². The van der Waals surface area contributed by atoms with E-state index in [0.29, 0.717) is 17.9 Å². The Bertz CT molecular complexity index is 515. The smallest absolute Gasteiger partial charge is 0.153 e. The van der Waals surface area contributed by atoms with Gasteiger partial charge in [-0.15, -0.1) is 0 Å². The molecule has 0 unspecified atom stereocenters. The van der Waals surface area contributed by atoms with Crippen molar-refractivity contribution in [1.82, 2.24) is 0 Å². The van der Waals surface area contributed by atoms with Crippen LogP contribution in [0.2, 0.25) is 0 Å². The van der Waals surface area contributed by atoms with Gasteiger partial charge in [0, 0.05) is 0 Å². The summed E-state index contributed by atoms with van der Waals surface area (Å²) >= 11 is 0. The molecule has 18 heavy (non-hydrogen) atoms. The Morgan fingerprint density at radius 1 is 1.00 bits per heavy atom. The van der Waals surface area contributed by atoms with Crippen LogP contribution in [0.1, 0.15) is 28.4 Å². The molecule has 0 aliphatic carbocycles. The van der Waals surface area contributed by atoms with Gasteiger partial charge in [0.15, 0.2) is 6.29 Å². The molecule has 2 rings (SSSR count). The molecule has 0 fully saturated rings. The van der Waals surface area contributed by atoms with Gasteiger partial charge in [-0.2, -0.15) is 0 Å². The van der Waals surface area contributed by atoms with Gasteiger partial charge in [0.1, 0.15) is 12.4 Å². The van der Waals surface area contributed by atoms with Crippen molar-refractivity contribution in [3.8, 4) is 5.75 Å². The summed E-state index contributed by atoms with van der Waals surface area (Å²) in [6.45, 7) is 2.61. The first-order valence-corrected chi connectivity index (χ1v) is 6.08. The molecule has 0 aromatic heterocycles. The minimum Gasteiger partial charge on any atom is -0.488 e. The quantitative estimate of drug-likeness (QED) is 0.746. The first-order valence-electron chi connectivity index (χ1n) is 6.08. The molecular weight excluding hydrogens is 224 g/mol. The van der Waals surface area contributed by atoms with Crippen LogP contribution in [0.25, 0.3) is 0 Å². The Hall–Kier alpha value is -2.09. The van der Waals surface area contributed by atoms with Gasteiger partial charge >= 0.3 is 0 Å². The van der Waals surface area contributed by atoms with Crippen molar-refractivity contribution in [3.05, 3.63) is 65.2 Å². The Morgan fingerprint density at radius 2 is 1.67 bits per heavy atom. The Morgan fingerprint density at radius 3 is 2.33 bits per heavy atom. The number of aldehydes is 1. The highest BCUT2D eigenvalue weighted by Crippen LogP contribution is 2.17. The zero-order chi connectivity index (χ0) is 12.8. The maximum atomic E-state index is 10.8. The van der Waals surface area contributed by atoms with Crippen LogP contribution in [0.4, 0.5) is 0 Å². The summed E-state index contributed by atoms with van der Waals surface area (Å²) in [4.78, 5) is 10.8. The highest BCUT2D eigenvalue weighted by molar-refractivity contribution is 5.79. The second kappa shape index (κ2) is 6.01. The van der Waals surface area contributed by atoms with Crippen LogP contribution in [0.3, 0.4) is 0 Å². The number of carbonyl (C=O) groups is 1. The standard InChI is InChI=1S/C16H16O2/c1-2-13-7-9-14(10-8-13)12-18-16-6-4-3-5-15(16)11-17/h3-11H,2,12H2,1H3. The van der Waals surface area contributed by atoms with E-state index in [1.54, 1.807) is 6.07 Å². The van der Waals surface area contributed by atoms with Crippen LogP contribution in [0.15, 0.2) is 48.5 Å². The summed E-state index contributed by atoms with van der Waals surface area (Å²) in [6, 6.07) is 15.6. The first-order chi connectivity index (χ1) is 8.83. The van der Waals surface area contributed by atoms with E-state index >= 15 is 0 Å². The molecule has 2 aromatic carbocycles. The lowest BCUT2D eigenvalue weighted by atomic mass is 10.1. The summed E-state index contributed by atoms with van der Waals surface area (Å²) in [6.07, 6.45) is 1.85. The van der Waals surface area contributed by atoms with Crippen LogP contribution in [0.5, 0.6) is 5.75 Å². The number of hydrogen-bond donors (Lipinski definition) is 0. The van der Waals surface area contributed by atoms with Crippen LogP contribution in [0, 0.1) is 0 Å². The van der Waals surface area contributed by atoms with E-state index in [2.05, 4.69) is 31.2 Å². The van der Waals surface area contributed by atoms with Gasteiger partial charge in [0.05, 0.1) is 5.56 Å². The average molecular weight is 240 g/mol. The third-order valence-electron chi connectivity index (χ3n) is 2.87. The van der Waals surface area contributed by atoms with Crippen molar-refractivity contribution in [2.24, 2.45) is 0 Å². The lowest BCUT2D eigenvalue weighted by molar-refractivity contribution is 0.111. The molecule has 2 aromatic rings. The number of para-hydroxylation sites is 1. The molecule has 2 heteroatoms. The SMILES string of the molecule is CCc1ccc(COc2ccccc2C=O)cc1. The third-order valence-corrected chi connectivity index (χ3v) is 2.87. The number of carbonyl (C=O) groups excluding carboxylic acids is 1. The topological polar surface area (TPSA) is 26.3 Å². The summed E-state index contributed by atoms with van der Waals surface area (Å²) in [7, 11) is 0. The second-order valence-corrected chi connectivity index (χ2v) is 4.11. The molecule has 0 saturated carbocycles. The minimum atomic E-state index is 0.481. The zero-order valence-corrected chi connectivity index (χ0v) is 10.4. The number of benzene rings is 2. The summed E-state index contributed by atoms with van der Waals surface area (Å²) in [5.41, 5.74) is 3.00. The van der Waals surface area contributed by atoms with E-state index in [1.165, 1.54) is 5.56 Å². The highest BCUT2D eigenvalue weighted by Gasteiger charge is 2.01. The lowest BCUT2D eigenvalue weighted by Crippen LogP contribution is -1.98. The van der Waals surface area contributed by atoms with Crippen molar-refractivity contribution in [2.45, 2.75) is 20.0 Å². The number of rotatable bonds is 5. The predicted octanol–water partition coefficient (Wildman–Crippen LogP) is 3.64. The molecule has 0 aliphatic rings. The highest BCUT2D eigenvalue weighted by atomic mass is 16.5. The van der Waals surface area contributed by atoms with Crippen LogP contribution >= 0.6 is 0 Å². The van der Waals surface area contributed by atoms with Crippen molar-refractivity contribution in [1.29, 1.82) is 0 Å². The molecule has 92 valence electrons. The molecule has 0 bridgehead atoms. The lowest BCUT2D eigenvalue weighted by Gasteiger charge is -2.08. The molecule has 0 saturated heterocycles. The molecule has 2 nitrogen and oxygen atoms in total. The third kappa shape index (κ3) is 2.98. The van der Waals surface area contributed by atoms with Gasteiger partial charge in [-0.1, -0.05) is 43.3 Å². The molecule has 0 N–H and O–H groups in total. The van der Waals surface area contributed by atoms with E-state index in [4.69, 9.17) is 4.74 Å². The fourth-order valence-electron chi connectivity index (χ4n) is 1.74. The number of hydrogen-bond acceptors (Lipinski definition) is 2. The minimum absolute atomic E-state index is 0.481. The van der Waals surface area contributed by atoms with Crippen LogP contribution in [-0.4, -0.2) is 6.29 Å². The Balaban J connectivity index is 2.04. The molecule has 0 amide bonds. The second-order valence-electron chi connectivity index (χ2n) is 4.11. The first kappa shape index (κ1) is 12.4. The summed E-state index contributed by atoms with van der Waals surface area (Å²) < 4.78 is 5.66. The van der Waals surface area contributed by atoms with E-state index in [1.807, 2.05) is 18.2 Å². The molecule has 0 spiro atoms. The monoisotopic (exact) mass is 240 g/mol. The fourth-order valence-corrected chi connectivity index (χ4v) is 1.74. The van der Waals surface area contributed by atoms with E-state index in [-0.39, 0.29) is 0 Å². The summed E-state index contributed by atoms with van der Waals surface area (Å²) in [5.74, 6) is 0.632. The van der Waals surface area contributed by atoms with Crippen molar-refractivity contribution >= 4 is 6.29 Å². The molecular formula is C16H16O2. The van der Waals surface area contributed by atoms with E-state index < -0.39 is 0 Å². The number of aryl methyl sites for hydroxylation is 1. The predicted molar refractivity (Wildman–Crippen MR) is 72.0 cm³/mol. The maximum absolute atomic E-state index is 10.8. The van der Waals surface area contributed by atoms with E-state index in [0.717, 1.165) is 18.3 Å². The number of ether oxygens (including phenoxy) is 1. The fraction of sp³-hybridized carbons (Fsp3) is 0.188. The molecule has 0 atom stereocenters. The summed E-state index contributed by atoms with van der Waals surface area (Å²) in [5, 5.41) is 0. The zero-order valence-electron chi connectivity index (χ0n) is 10.4. The maximum Gasteiger partial charge on any atom is 0.153 e. The van der Waals surface area contributed by atoms with Crippen molar-refractivity contribution < 1.29 is 9.53 Å². The normalized spacial score (nSPS) is 10.1. The van der Waals surface area contributed by atoms with Crippen LogP contribution < -0.4 is 4.74 Å². The van der Waals surface area contributed by atoms with Crippen LogP contribution in [-0.2, 0) is 13.0 Å². The van der Waals surface area contributed by atoms with Gasteiger partial charge in [0.25, 0.3) is 0 Å². The van der Waals surface area contributed by atoms with Gasteiger partial charge < -0.3 is 4.74 Å². The Labute approximate surface area is 107 Å².